The number of hydrogen-bond acceptors (Lipinski definition) is 4. The minimum absolute atomic E-state index is 0.166. The van der Waals surface area contributed by atoms with Gasteiger partial charge in [0, 0.05) is 25.0 Å². The van der Waals surface area contributed by atoms with Crippen LogP contribution in [-0.4, -0.2) is 30.0 Å². The standard InChI is InChI=1S/C20H27N3OS/c1-14-6-2-3-7-16(14)21-19(24)15-10-12-23(13-11-15)20-22-17-8-4-5-9-18(17)25-20/h4-5,8-9,14-16H,2-3,6-7,10-13H2,1H3,(H,21,24)/t14-,16-/m0/s1. The third-order valence-corrected chi connectivity index (χ3v) is 6.96. The first kappa shape index (κ1) is 16.8. The number of aromatic nitrogens is 1. The van der Waals surface area contributed by atoms with E-state index >= 15 is 0 Å². The third kappa shape index (κ3) is 3.66. The molecule has 4 rings (SSSR count). The van der Waals surface area contributed by atoms with Gasteiger partial charge in [-0.3, -0.25) is 4.79 Å². The van der Waals surface area contributed by atoms with Crippen molar-refractivity contribution in [2.45, 2.75) is 51.5 Å². The third-order valence-electron chi connectivity index (χ3n) is 5.86. The molecule has 2 atom stereocenters. The molecule has 1 saturated carbocycles. The number of amides is 1. The summed E-state index contributed by atoms with van der Waals surface area (Å²) in [5.41, 5.74) is 1.08. The Balaban J connectivity index is 1.33. The van der Waals surface area contributed by atoms with Crippen LogP contribution >= 0.6 is 11.3 Å². The van der Waals surface area contributed by atoms with Crippen molar-refractivity contribution in [1.82, 2.24) is 10.3 Å². The van der Waals surface area contributed by atoms with Gasteiger partial charge in [-0.15, -0.1) is 0 Å². The van der Waals surface area contributed by atoms with Crippen molar-refractivity contribution >= 4 is 32.6 Å². The van der Waals surface area contributed by atoms with Gasteiger partial charge in [-0.05, 0) is 43.7 Å². The molecular weight excluding hydrogens is 330 g/mol. The lowest BCUT2D eigenvalue weighted by Crippen LogP contribution is -2.46. The van der Waals surface area contributed by atoms with Gasteiger partial charge in [0.1, 0.15) is 0 Å². The van der Waals surface area contributed by atoms with Gasteiger partial charge < -0.3 is 10.2 Å². The molecule has 0 bridgehead atoms. The molecule has 25 heavy (non-hydrogen) atoms. The maximum absolute atomic E-state index is 12.7. The molecule has 134 valence electrons. The zero-order valence-electron chi connectivity index (χ0n) is 14.9. The molecule has 5 heteroatoms. The lowest BCUT2D eigenvalue weighted by molar-refractivity contribution is -0.126. The van der Waals surface area contributed by atoms with Gasteiger partial charge >= 0.3 is 0 Å². The summed E-state index contributed by atoms with van der Waals surface area (Å²) in [6, 6.07) is 8.69. The Labute approximate surface area is 153 Å². The highest BCUT2D eigenvalue weighted by Crippen LogP contribution is 2.31. The van der Waals surface area contributed by atoms with Gasteiger partial charge in [-0.2, -0.15) is 0 Å². The van der Waals surface area contributed by atoms with Crippen LogP contribution in [-0.2, 0) is 4.79 Å². The maximum atomic E-state index is 12.7. The molecule has 2 heterocycles. The van der Waals surface area contributed by atoms with Crippen molar-refractivity contribution in [3.8, 4) is 0 Å². The summed E-state index contributed by atoms with van der Waals surface area (Å²) < 4.78 is 1.24. The summed E-state index contributed by atoms with van der Waals surface area (Å²) in [6.45, 7) is 4.14. The van der Waals surface area contributed by atoms with Gasteiger partial charge in [-0.1, -0.05) is 43.2 Å². The molecule has 1 aromatic carbocycles. The van der Waals surface area contributed by atoms with Gasteiger partial charge in [0.05, 0.1) is 10.2 Å². The van der Waals surface area contributed by atoms with Crippen molar-refractivity contribution in [2.24, 2.45) is 11.8 Å². The Bertz CT molecular complexity index is 702. The molecule has 2 aromatic rings. The number of carbonyl (C=O) groups excluding carboxylic acids is 1. The van der Waals surface area contributed by atoms with E-state index in [9.17, 15) is 4.79 Å². The van der Waals surface area contributed by atoms with Gasteiger partial charge in [0.25, 0.3) is 0 Å². The Morgan fingerprint density at radius 1 is 1.16 bits per heavy atom. The lowest BCUT2D eigenvalue weighted by Gasteiger charge is -2.34. The molecule has 1 amide bonds. The highest BCUT2D eigenvalue weighted by Gasteiger charge is 2.29. The number of rotatable bonds is 3. The molecule has 2 aliphatic rings. The SMILES string of the molecule is C[C@H]1CCCC[C@@H]1NC(=O)C1CCN(c2nc3ccccc3s2)CC1. The first-order valence-electron chi connectivity index (χ1n) is 9.61. The second-order valence-electron chi connectivity index (χ2n) is 7.60. The minimum Gasteiger partial charge on any atom is -0.353 e. The predicted octanol–water partition coefficient (Wildman–Crippen LogP) is 4.21. The van der Waals surface area contributed by atoms with E-state index in [2.05, 4.69) is 35.3 Å². The van der Waals surface area contributed by atoms with E-state index in [1.165, 1.54) is 24.0 Å². The average molecular weight is 358 g/mol. The molecule has 1 aromatic heterocycles. The summed E-state index contributed by atoms with van der Waals surface area (Å²) in [4.78, 5) is 19.8. The largest absolute Gasteiger partial charge is 0.353 e. The van der Waals surface area contributed by atoms with E-state index in [0.717, 1.165) is 43.0 Å². The molecule has 0 unspecified atom stereocenters. The first-order valence-corrected chi connectivity index (χ1v) is 10.4. The number of anilines is 1. The van der Waals surface area contributed by atoms with Crippen LogP contribution < -0.4 is 10.2 Å². The summed E-state index contributed by atoms with van der Waals surface area (Å²) >= 11 is 1.76. The van der Waals surface area contributed by atoms with E-state index < -0.39 is 0 Å². The zero-order valence-corrected chi connectivity index (χ0v) is 15.7. The summed E-state index contributed by atoms with van der Waals surface area (Å²) in [5.74, 6) is 1.07. The molecule has 1 aliphatic carbocycles. The first-order chi connectivity index (χ1) is 12.2. The van der Waals surface area contributed by atoms with Crippen molar-refractivity contribution in [2.75, 3.05) is 18.0 Å². The van der Waals surface area contributed by atoms with Crippen LogP contribution in [0, 0.1) is 11.8 Å². The highest BCUT2D eigenvalue weighted by molar-refractivity contribution is 7.22. The van der Waals surface area contributed by atoms with Gasteiger partial charge in [-0.25, -0.2) is 4.98 Å². The smallest absolute Gasteiger partial charge is 0.223 e. The molecule has 4 nitrogen and oxygen atoms in total. The van der Waals surface area contributed by atoms with Crippen molar-refractivity contribution in [3.63, 3.8) is 0 Å². The predicted molar refractivity (Wildman–Crippen MR) is 104 cm³/mol. The average Bonchev–Trinajstić information content (AvgIpc) is 3.08. The lowest BCUT2D eigenvalue weighted by atomic mass is 9.85. The van der Waals surface area contributed by atoms with Crippen LogP contribution in [0.25, 0.3) is 10.2 Å². The summed E-state index contributed by atoms with van der Waals surface area (Å²) in [5, 5.41) is 4.44. The molecule has 2 fully saturated rings. The number of fused-ring (bicyclic) bond motifs is 1. The molecule has 1 aliphatic heterocycles. The Kier molecular flexibility index (Phi) is 4.93. The van der Waals surface area contributed by atoms with Crippen LogP contribution in [0.3, 0.4) is 0 Å². The van der Waals surface area contributed by atoms with E-state index in [4.69, 9.17) is 4.98 Å². The second kappa shape index (κ2) is 7.32. The number of carbonyl (C=O) groups is 1. The number of piperidine rings is 1. The van der Waals surface area contributed by atoms with Crippen molar-refractivity contribution < 1.29 is 4.79 Å². The van der Waals surface area contributed by atoms with E-state index in [1.54, 1.807) is 11.3 Å². The highest BCUT2D eigenvalue weighted by atomic mass is 32.1. The number of nitrogens with one attached hydrogen (secondary N) is 1. The Hall–Kier alpha value is -1.62. The van der Waals surface area contributed by atoms with E-state index in [0.29, 0.717) is 12.0 Å². The minimum atomic E-state index is 0.166. The molecule has 1 saturated heterocycles. The van der Waals surface area contributed by atoms with Crippen LogP contribution in [0.4, 0.5) is 5.13 Å². The Morgan fingerprint density at radius 2 is 1.92 bits per heavy atom. The number of hydrogen-bond donors (Lipinski definition) is 1. The fourth-order valence-electron chi connectivity index (χ4n) is 4.16. The van der Waals surface area contributed by atoms with Crippen LogP contribution in [0.1, 0.15) is 45.4 Å². The fourth-order valence-corrected chi connectivity index (χ4v) is 5.18. The van der Waals surface area contributed by atoms with Gasteiger partial charge in [0.2, 0.25) is 5.91 Å². The molecular formula is C20H27N3OS. The number of para-hydroxylation sites is 1. The summed E-state index contributed by atoms with van der Waals surface area (Å²) in [6.07, 6.45) is 6.84. The number of thiazole rings is 1. The normalized spacial score (nSPS) is 25.2. The maximum Gasteiger partial charge on any atom is 0.223 e. The Morgan fingerprint density at radius 3 is 2.68 bits per heavy atom. The molecule has 0 radical (unpaired) electrons. The van der Waals surface area contributed by atoms with E-state index in [1.807, 2.05) is 6.07 Å². The zero-order chi connectivity index (χ0) is 17.2. The number of benzene rings is 1. The van der Waals surface area contributed by atoms with Crippen molar-refractivity contribution in [1.29, 1.82) is 0 Å². The van der Waals surface area contributed by atoms with Crippen LogP contribution in [0.15, 0.2) is 24.3 Å². The fraction of sp³-hybridized carbons (Fsp3) is 0.600. The second-order valence-corrected chi connectivity index (χ2v) is 8.61. The molecule has 0 spiro atoms. The topological polar surface area (TPSA) is 45.2 Å². The summed E-state index contributed by atoms with van der Waals surface area (Å²) in [7, 11) is 0. The van der Waals surface area contributed by atoms with E-state index in [-0.39, 0.29) is 11.8 Å². The van der Waals surface area contributed by atoms with Crippen LogP contribution in [0.2, 0.25) is 0 Å². The quantitative estimate of drug-likeness (QED) is 0.895. The molecule has 1 N–H and O–H groups in total. The van der Waals surface area contributed by atoms with Crippen LogP contribution in [0.5, 0.6) is 0 Å². The van der Waals surface area contributed by atoms with Gasteiger partial charge in [0.15, 0.2) is 5.13 Å². The number of nitrogens with zero attached hydrogens (tertiary/aromatic N) is 2. The monoisotopic (exact) mass is 357 g/mol. The van der Waals surface area contributed by atoms with Crippen molar-refractivity contribution in [3.05, 3.63) is 24.3 Å².